The van der Waals surface area contributed by atoms with Crippen molar-refractivity contribution in [3.8, 4) is 5.75 Å². The lowest BCUT2D eigenvalue weighted by molar-refractivity contribution is 0.405. The summed E-state index contributed by atoms with van der Waals surface area (Å²) in [7, 11) is 3.18. The van der Waals surface area contributed by atoms with Crippen LogP contribution in [-0.2, 0) is 7.05 Å². The van der Waals surface area contributed by atoms with E-state index in [-0.39, 0.29) is 18.3 Å². The zero-order valence-electron chi connectivity index (χ0n) is 10.2. The highest BCUT2D eigenvalue weighted by molar-refractivity contribution is 5.39. The summed E-state index contributed by atoms with van der Waals surface area (Å²) in [5.41, 5.74) is 6.34. The van der Waals surface area contributed by atoms with Gasteiger partial charge < -0.3 is 10.5 Å². The third-order valence-corrected chi connectivity index (χ3v) is 2.64. The van der Waals surface area contributed by atoms with E-state index in [0.29, 0.717) is 17.1 Å². The number of benzene rings is 1. The van der Waals surface area contributed by atoms with Crippen LogP contribution in [0.15, 0.2) is 18.2 Å². The van der Waals surface area contributed by atoms with Crippen LogP contribution < -0.4 is 10.5 Å². The van der Waals surface area contributed by atoms with Crippen LogP contribution in [0.4, 0.5) is 4.39 Å². The van der Waals surface area contributed by atoms with Gasteiger partial charge in [-0.25, -0.2) is 4.39 Å². The molecule has 0 aliphatic carbocycles. The minimum atomic E-state index is -0.354. The van der Waals surface area contributed by atoms with Gasteiger partial charge in [-0.3, -0.25) is 0 Å². The van der Waals surface area contributed by atoms with Gasteiger partial charge >= 0.3 is 0 Å². The number of nitrogens with two attached hydrogens (primary N) is 1. The van der Waals surface area contributed by atoms with Gasteiger partial charge in [0.1, 0.15) is 11.6 Å². The van der Waals surface area contributed by atoms with Crippen LogP contribution in [0.1, 0.15) is 17.3 Å². The summed E-state index contributed by atoms with van der Waals surface area (Å²) in [6.07, 6.45) is 0. The molecule has 2 aromatic rings. The van der Waals surface area contributed by atoms with E-state index in [1.54, 1.807) is 13.1 Å². The van der Waals surface area contributed by atoms with Gasteiger partial charge in [0.05, 0.1) is 20.1 Å². The highest BCUT2D eigenvalue weighted by Gasteiger charge is 2.22. The number of tetrazole rings is 1. The Labute approximate surface area is 104 Å². The van der Waals surface area contributed by atoms with E-state index in [1.165, 1.54) is 24.0 Å². The first-order valence-electron chi connectivity index (χ1n) is 5.43. The van der Waals surface area contributed by atoms with Gasteiger partial charge in [-0.1, -0.05) is 0 Å². The predicted octanol–water partition coefficient (Wildman–Crippen LogP) is 0.448. The van der Waals surface area contributed by atoms with Crippen LogP contribution in [-0.4, -0.2) is 33.9 Å². The second-order valence-electron chi connectivity index (χ2n) is 3.81. The monoisotopic (exact) mass is 251 g/mol. The van der Waals surface area contributed by atoms with Crippen LogP contribution in [0.2, 0.25) is 0 Å². The second kappa shape index (κ2) is 5.09. The Morgan fingerprint density at radius 3 is 2.83 bits per heavy atom. The average molecular weight is 251 g/mol. The Balaban J connectivity index is 2.47. The Hall–Kier alpha value is -2.02. The molecule has 18 heavy (non-hydrogen) atoms. The summed E-state index contributed by atoms with van der Waals surface area (Å²) >= 11 is 0. The molecule has 0 saturated carbocycles. The number of halogens is 1. The smallest absolute Gasteiger partial charge is 0.183 e. The van der Waals surface area contributed by atoms with Crippen LogP contribution in [0.3, 0.4) is 0 Å². The molecule has 0 fully saturated rings. The van der Waals surface area contributed by atoms with Crippen molar-refractivity contribution >= 4 is 0 Å². The summed E-state index contributed by atoms with van der Waals surface area (Å²) in [5, 5.41) is 11.8. The normalized spacial score (nSPS) is 12.4. The topological polar surface area (TPSA) is 78.9 Å². The third kappa shape index (κ3) is 2.30. The molecular weight excluding hydrogens is 237 g/mol. The van der Waals surface area contributed by atoms with Crippen molar-refractivity contribution in [1.29, 1.82) is 0 Å². The molecule has 1 atom stereocenters. The van der Waals surface area contributed by atoms with Gasteiger partial charge in [0.25, 0.3) is 0 Å². The van der Waals surface area contributed by atoms with Crippen LogP contribution >= 0.6 is 0 Å². The number of hydrogen-bond donors (Lipinski definition) is 1. The highest BCUT2D eigenvalue weighted by atomic mass is 19.1. The molecular formula is C11H14FN5O. The highest BCUT2D eigenvalue weighted by Crippen LogP contribution is 2.29. The maximum absolute atomic E-state index is 13.3. The minimum Gasteiger partial charge on any atom is -0.496 e. The number of methoxy groups -OCH3 is 1. The van der Waals surface area contributed by atoms with Crippen molar-refractivity contribution in [2.45, 2.75) is 5.92 Å². The number of rotatable bonds is 4. The zero-order chi connectivity index (χ0) is 13.1. The fourth-order valence-corrected chi connectivity index (χ4v) is 1.79. The van der Waals surface area contributed by atoms with Crippen molar-refractivity contribution in [1.82, 2.24) is 20.2 Å². The third-order valence-electron chi connectivity index (χ3n) is 2.64. The quantitative estimate of drug-likeness (QED) is 0.853. The van der Waals surface area contributed by atoms with Crippen LogP contribution in [0, 0.1) is 5.82 Å². The number of aromatic nitrogens is 4. The first-order chi connectivity index (χ1) is 8.65. The minimum absolute atomic E-state index is 0.242. The van der Waals surface area contributed by atoms with E-state index in [2.05, 4.69) is 15.4 Å². The van der Waals surface area contributed by atoms with E-state index in [9.17, 15) is 4.39 Å². The second-order valence-corrected chi connectivity index (χ2v) is 3.81. The summed E-state index contributed by atoms with van der Waals surface area (Å²) in [6, 6.07) is 4.27. The Bertz CT molecular complexity index is 542. The predicted molar refractivity (Wildman–Crippen MR) is 62.6 cm³/mol. The summed E-state index contributed by atoms with van der Waals surface area (Å²) in [5.74, 6) is 0.306. The molecule has 1 aromatic carbocycles. The van der Waals surface area contributed by atoms with Crippen molar-refractivity contribution in [3.05, 3.63) is 35.4 Å². The van der Waals surface area contributed by atoms with Gasteiger partial charge in [-0.2, -0.15) is 4.80 Å². The lowest BCUT2D eigenvalue weighted by Crippen LogP contribution is -2.16. The van der Waals surface area contributed by atoms with E-state index in [4.69, 9.17) is 10.5 Å². The molecule has 6 nitrogen and oxygen atoms in total. The molecule has 0 saturated heterocycles. The average Bonchev–Trinajstić information content (AvgIpc) is 2.77. The van der Waals surface area contributed by atoms with E-state index in [0.717, 1.165) is 0 Å². The maximum atomic E-state index is 13.3. The molecule has 2 N–H and O–H groups in total. The molecule has 2 rings (SSSR count). The molecule has 96 valence electrons. The molecule has 1 aromatic heterocycles. The molecule has 0 radical (unpaired) electrons. The summed E-state index contributed by atoms with van der Waals surface area (Å²) < 4.78 is 18.5. The Kier molecular flexibility index (Phi) is 3.52. The number of nitrogens with zero attached hydrogens (tertiary/aromatic N) is 4. The fraction of sp³-hybridized carbons (Fsp3) is 0.364. The zero-order valence-corrected chi connectivity index (χ0v) is 10.2. The van der Waals surface area contributed by atoms with E-state index in [1.807, 2.05) is 0 Å². The molecule has 0 aliphatic heterocycles. The lowest BCUT2D eigenvalue weighted by atomic mass is 9.97. The van der Waals surface area contributed by atoms with Crippen molar-refractivity contribution in [3.63, 3.8) is 0 Å². The molecule has 1 heterocycles. The number of aryl methyl sites for hydroxylation is 1. The van der Waals surface area contributed by atoms with Gasteiger partial charge in [0.2, 0.25) is 0 Å². The Morgan fingerprint density at radius 1 is 1.50 bits per heavy atom. The van der Waals surface area contributed by atoms with Gasteiger partial charge in [0, 0.05) is 12.1 Å². The SMILES string of the molecule is COc1ccc(F)cc1C(CN)c1nnn(C)n1. The van der Waals surface area contributed by atoms with Crippen LogP contribution in [0.5, 0.6) is 5.75 Å². The van der Waals surface area contributed by atoms with Gasteiger partial charge in [-0.15, -0.1) is 10.2 Å². The number of ether oxygens (including phenoxy) is 1. The molecule has 0 spiro atoms. The molecule has 0 amide bonds. The van der Waals surface area contributed by atoms with Crippen LogP contribution in [0.25, 0.3) is 0 Å². The summed E-state index contributed by atoms with van der Waals surface area (Å²) in [4.78, 5) is 1.34. The molecule has 7 heteroatoms. The maximum Gasteiger partial charge on any atom is 0.183 e. The van der Waals surface area contributed by atoms with E-state index < -0.39 is 0 Å². The van der Waals surface area contributed by atoms with Crippen molar-refractivity contribution in [2.24, 2.45) is 12.8 Å². The van der Waals surface area contributed by atoms with Gasteiger partial charge in [-0.05, 0) is 23.4 Å². The van der Waals surface area contributed by atoms with Crippen molar-refractivity contribution in [2.75, 3.05) is 13.7 Å². The van der Waals surface area contributed by atoms with Gasteiger partial charge in [0.15, 0.2) is 5.82 Å². The molecule has 1 unspecified atom stereocenters. The van der Waals surface area contributed by atoms with Crippen molar-refractivity contribution < 1.29 is 9.13 Å². The Morgan fingerprint density at radius 2 is 2.28 bits per heavy atom. The lowest BCUT2D eigenvalue weighted by Gasteiger charge is -2.15. The largest absolute Gasteiger partial charge is 0.496 e. The summed E-state index contributed by atoms with van der Waals surface area (Å²) in [6.45, 7) is 0.242. The molecule has 0 aliphatic rings. The first kappa shape index (κ1) is 12.4. The standard InChI is InChI=1S/C11H14FN5O/c1-17-15-11(14-16-17)9(6-13)8-5-7(12)3-4-10(8)18-2/h3-5,9H,6,13H2,1-2H3. The van der Waals surface area contributed by atoms with E-state index >= 15 is 0 Å². The number of hydrogen-bond acceptors (Lipinski definition) is 5. The molecule has 0 bridgehead atoms. The fourth-order valence-electron chi connectivity index (χ4n) is 1.79. The first-order valence-corrected chi connectivity index (χ1v) is 5.43.